The van der Waals surface area contributed by atoms with Crippen molar-refractivity contribution in [1.29, 1.82) is 0 Å². The van der Waals surface area contributed by atoms with Crippen molar-refractivity contribution >= 4 is 26.8 Å². The monoisotopic (exact) mass is 502 g/mol. The second-order valence-electron chi connectivity index (χ2n) is 9.46. The highest BCUT2D eigenvalue weighted by Gasteiger charge is 2.45. The second-order valence-corrected chi connectivity index (χ2v) is 11.5. The van der Waals surface area contributed by atoms with Gasteiger partial charge in [-0.05, 0) is 38.0 Å². The van der Waals surface area contributed by atoms with E-state index in [-0.39, 0.29) is 23.5 Å². The first-order valence-corrected chi connectivity index (χ1v) is 13.3. The Hall–Kier alpha value is -3.05. The van der Waals surface area contributed by atoms with Gasteiger partial charge in [0, 0.05) is 31.9 Å². The Balaban J connectivity index is 1.54. The van der Waals surface area contributed by atoms with E-state index >= 15 is 0 Å². The maximum Gasteiger partial charge on any atom is 0.253 e. The topological polar surface area (TPSA) is 112 Å². The van der Waals surface area contributed by atoms with Crippen molar-refractivity contribution < 1.29 is 27.1 Å². The Morgan fingerprint density at radius 1 is 1.29 bits per heavy atom. The Labute approximate surface area is 202 Å². The summed E-state index contributed by atoms with van der Waals surface area (Å²) >= 11 is 0. The van der Waals surface area contributed by atoms with Gasteiger partial charge in [-0.15, -0.1) is 0 Å². The number of hydrogen-bond acceptors (Lipinski definition) is 7. The standard InChI is InChI=1S/C24H27FN4O5S/c1-15(25)34-19-5-3-4-16(10-19)21-22-20(29(28-21)18-6-8-33-9-7-18)11-17(12-26-22)23(30)27-24(2)13-35(31,32)14-24/h3-5,10-12,15,18H,6-9,13-14H2,1-2H3,(H,27,30). The summed E-state index contributed by atoms with van der Waals surface area (Å²) in [5.41, 5.74) is 2.16. The van der Waals surface area contributed by atoms with Gasteiger partial charge in [0.05, 0.1) is 34.2 Å². The summed E-state index contributed by atoms with van der Waals surface area (Å²) in [6, 6.07) is 8.82. The molecule has 11 heteroatoms. The Morgan fingerprint density at radius 3 is 2.71 bits per heavy atom. The first-order valence-electron chi connectivity index (χ1n) is 11.5. The molecule has 0 saturated carbocycles. The van der Waals surface area contributed by atoms with E-state index in [0.29, 0.717) is 41.3 Å². The van der Waals surface area contributed by atoms with Crippen molar-refractivity contribution in [1.82, 2.24) is 20.1 Å². The fourth-order valence-corrected chi connectivity index (χ4v) is 6.80. The minimum absolute atomic E-state index is 0.0692. The highest BCUT2D eigenvalue weighted by Crippen LogP contribution is 2.33. The molecule has 0 radical (unpaired) electrons. The summed E-state index contributed by atoms with van der Waals surface area (Å²) in [7, 11) is -3.10. The van der Waals surface area contributed by atoms with Gasteiger partial charge in [-0.1, -0.05) is 12.1 Å². The third-order valence-corrected chi connectivity index (χ3v) is 8.40. The maximum absolute atomic E-state index is 13.4. The van der Waals surface area contributed by atoms with Crippen LogP contribution in [0.3, 0.4) is 0 Å². The van der Waals surface area contributed by atoms with Crippen LogP contribution in [0.4, 0.5) is 4.39 Å². The summed E-state index contributed by atoms with van der Waals surface area (Å²) in [4.78, 5) is 17.6. The average molecular weight is 503 g/mol. The van der Waals surface area contributed by atoms with Crippen LogP contribution in [-0.4, -0.2) is 65.7 Å². The summed E-state index contributed by atoms with van der Waals surface area (Å²) in [6.07, 6.45) is 1.56. The third-order valence-electron chi connectivity index (χ3n) is 6.24. The van der Waals surface area contributed by atoms with Gasteiger partial charge in [-0.3, -0.25) is 14.5 Å². The molecule has 0 aliphatic carbocycles. The van der Waals surface area contributed by atoms with Crippen molar-refractivity contribution in [3.8, 4) is 17.0 Å². The molecule has 5 rings (SSSR count). The number of nitrogens with zero attached hydrogens (tertiary/aromatic N) is 3. The molecule has 0 bridgehead atoms. The number of ether oxygens (including phenoxy) is 2. The third kappa shape index (κ3) is 4.87. The number of hydrogen-bond donors (Lipinski definition) is 1. The highest BCUT2D eigenvalue weighted by molar-refractivity contribution is 7.93. The number of benzene rings is 1. The van der Waals surface area contributed by atoms with Crippen molar-refractivity contribution in [3.05, 3.63) is 42.1 Å². The number of amides is 1. The van der Waals surface area contributed by atoms with Crippen LogP contribution in [0.5, 0.6) is 5.75 Å². The molecule has 9 nitrogen and oxygen atoms in total. The van der Waals surface area contributed by atoms with Crippen LogP contribution in [0, 0.1) is 0 Å². The number of carbonyl (C=O) groups excluding carboxylic acids is 1. The predicted molar refractivity (Wildman–Crippen MR) is 128 cm³/mol. The number of nitrogens with one attached hydrogen (secondary N) is 1. The van der Waals surface area contributed by atoms with E-state index in [0.717, 1.165) is 18.4 Å². The van der Waals surface area contributed by atoms with Crippen molar-refractivity contribution in [2.24, 2.45) is 0 Å². The SMILES string of the molecule is CC(F)Oc1cccc(-c2nn(C3CCOCC3)c3cc(C(=O)NC4(C)CS(=O)(=O)C4)cnc23)c1. The van der Waals surface area contributed by atoms with E-state index in [1.807, 2.05) is 10.7 Å². The number of pyridine rings is 1. The lowest BCUT2D eigenvalue weighted by atomic mass is 10.1. The number of alkyl halides is 1. The molecule has 2 fully saturated rings. The molecule has 186 valence electrons. The molecular formula is C24H27FN4O5S. The van der Waals surface area contributed by atoms with Gasteiger partial charge < -0.3 is 14.8 Å². The molecule has 4 heterocycles. The molecule has 2 saturated heterocycles. The number of halogens is 1. The molecule has 1 unspecified atom stereocenters. The Morgan fingerprint density at radius 2 is 2.03 bits per heavy atom. The molecule has 1 atom stereocenters. The molecular weight excluding hydrogens is 475 g/mol. The molecule has 2 aromatic heterocycles. The van der Waals surface area contributed by atoms with Gasteiger partial charge >= 0.3 is 0 Å². The summed E-state index contributed by atoms with van der Waals surface area (Å²) < 4.78 is 49.2. The molecule has 2 aliphatic heterocycles. The van der Waals surface area contributed by atoms with Gasteiger partial charge in [0.25, 0.3) is 5.91 Å². The lowest BCUT2D eigenvalue weighted by molar-refractivity contribution is 0.0675. The van der Waals surface area contributed by atoms with Crippen molar-refractivity contribution in [2.75, 3.05) is 24.7 Å². The molecule has 1 N–H and O–H groups in total. The normalized spacial score (nSPS) is 20.2. The summed E-state index contributed by atoms with van der Waals surface area (Å²) in [6.45, 7) is 4.25. The average Bonchev–Trinajstić information content (AvgIpc) is 3.17. The van der Waals surface area contributed by atoms with Crippen LogP contribution >= 0.6 is 0 Å². The predicted octanol–water partition coefficient (Wildman–Crippen LogP) is 3.06. The fourth-order valence-electron chi connectivity index (χ4n) is 4.80. The van der Waals surface area contributed by atoms with Crippen LogP contribution < -0.4 is 10.1 Å². The Bertz CT molecular complexity index is 1370. The molecule has 1 aromatic carbocycles. The van der Waals surface area contributed by atoms with E-state index in [1.165, 1.54) is 13.1 Å². The van der Waals surface area contributed by atoms with E-state index in [2.05, 4.69) is 10.3 Å². The van der Waals surface area contributed by atoms with Crippen molar-refractivity contribution in [2.45, 2.75) is 44.6 Å². The summed E-state index contributed by atoms with van der Waals surface area (Å²) in [5, 5.41) is 7.70. The fraction of sp³-hybridized carbons (Fsp3) is 0.458. The molecule has 3 aromatic rings. The minimum Gasteiger partial charge on any atom is -0.461 e. The van der Waals surface area contributed by atoms with Gasteiger partial charge in [0.1, 0.15) is 17.0 Å². The quantitative estimate of drug-likeness (QED) is 0.551. The molecule has 1 amide bonds. The Kier molecular flexibility index (Phi) is 6.00. The smallest absolute Gasteiger partial charge is 0.253 e. The number of aromatic nitrogens is 3. The van der Waals surface area contributed by atoms with Crippen LogP contribution in [0.2, 0.25) is 0 Å². The first kappa shape index (κ1) is 23.7. The summed E-state index contributed by atoms with van der Waals surface area (Å²) in [5.74, 6) is -0.167. The number of sulfone groups is 1. The lowest BCUT2D eigenvalue weighted by Gasteiger charge is -2.38. The van der Waals surface area contributed by atoms with Crippen LogP contribution in [0.25, 0.3) is 22.3 Å². The molecule has 2 aliphatic rings. The molecule has 35 heavy (non-hydrogen) atoms. The minimum atomic E-state index is -3.10. The second kappa shape index (κ2) is 8.87. The zero-order valence-corrected chi connectivity index (χ0v) is 20.3. The van der Waals surface area contributed by atoms with Crippen LogP contribution in [0.15, 0.2) is 36.5 Å². The van der Waals surface area contributed by atoms with Gasteiger partial charge in [-0.25, -0.2) is 12.8 Å². The van der Waals surface area contributed by atoms with E-state index in [1.54, 1.807) is 31.2 Å². The van der Waals surface area contributed by atoms with E-state index < -0.39 is 21.7 Å². The first-order chi connectivity index (χ1) is 16.6. The molecule has 0 spiro atoms. The van der Waals surface area contributed by atoms with Crippen LogP contribution in [-0.2, 0) is 14.6 Å². The van der Waals surface area contributed by atoms with Gasteiger partial charge in [0.15, 0.2) is 9.84 Å². The number of rotatable bonds is 6. The maximum atomic E-state index is 13.4. The number of carbonyl (C=O) groups is 1. The van der Waals surface area contributed by atoms with Gasteiger partial charge in [-0.2, -0.15) is 5.10 Å². The van der Waals surface area contributed by atoms with Gasteiger partial charge in [0.2, 0.25) is 6.36 Å². The zero-order valence-electron chi connectivity index (χ0n) is 19.5. The zero-order chi connectivity index (χ0) is 24.8. The largest absolute Gasteiger partial charge is 0.461 e. The van der Waals surface area contributed by atoms with E-state index in [4.69, 9.17) is 14.6 Å². The van der Waals surface area contributed by atoms with Crippen molar-refractivity contribution in [3.63, 3.8) is 0 Å². The lowest BCUT2D eigenvalue weighted by Crippen LogP contribution is -2.63. The highest BCUT2D eigenvalue weighted by atomic mass is 32.2. The van der Waals surface area contributed by atoms with E-state index in [9.17, 15) is 17.6 Å². The number of fused-ring (bicyclic) bond motifs is 1. The van der Waals surface area contributed by atoms with Crippen LogP contribution in [0.1, 0.15) is 43.1 Å².